The van der Waals surface area contributed by atoms with Crippen molar-refractivity contribution >= 4 is 34.6 Å². The highest BCUT2D eigenvalue weighted by Gasteiger charge is 2.24. The second kappa shape index (κ2) is 6.29. The van der Waals surface area contributed by atoms with Crippen LogP contribution in [0.2, 0.25) is 0 Å². The minimum Gasteiger partial charge on any atom is -0.346 e. The summed E-state index contributed by atoms with van der Waals surface area (Å²) in [5.41, 5.74) is 0. The van der Waals surface area contributed by atoms with Crippen molar-refractivity contribution in [1.29, 1.82) is 0 Å². The Balaban J connectivity index is 1.96. The summed E-state index contributed by atoms with van der Waals surface area (Å²) < 4.78 is 0. The minimum absolute atomic E-state index is 0.0876. The van der Waals surface area contributed by atoms with Gasteiger partial charge in [0.25, 0.3) is 5.91 Å². The van der Waals surface area contributed by atoms with Gasteiger partial charge in [0.15, 0.2) is 5.11 Å². The lowest BCUT2D eigenvalue weighted by Crippen LogP contribution is -2.49. The SMILES string of the molecule is CC[C@H]1CCCCN1C(=S)NC(=O)c1cccs1. The Morgan fingerprint density at radius 2 is 2.44 bits per heavy atom. The van der Waals surface area contributed by atoms with Gasteiger partial charge in [-0.25, -0.2) is 0 Å². The van der Waals surface area contributed by atoms with E-state index in [1.165, 1.54) is 24.2 Å². The van der Waals surface area contributed by atoms with Gasteiger partial charge in [-0.15, -0.1) is 11.3 Å². The van der Waals surface area contributed by atoms with Crippen molar-refractivity contribution in [3.05, 3.63) is 22.4 Å². The molecule has 1 atom stereocenters. The second-order valence-corrected chi connectivity index (χ2v) is 5.82. The Bertz CT molecular complexity index is 417. The largest absolute Gasteiger partial charge is 0.346 e. The number of nitrogens with zero attached hydrogens (tertiary/aromatic N) is 1. The van der Waals surface area contributed by atoms with Gasteiger partial charge in [-0.2, -0.15) is 0 Å². The molecule has 5 heteroatoms. The molecule has 0 bridgehead atoms. The molecule has 1 fully saturated rings. The van der Waals surface area contributed by atoms with E-state index in [-0.39, 0.29) is 5.91 Å². The highest BCUT2D eigenvalue weighted by atomic mass is 32.1. The number of piperidine rings is 1. The number of amides is 1. The first kappa shape index (κ1) is 13.5. The number of carbonyl (C=O) groups excluding carboxylic acids is 1. The average molecular weight is 282 g/mol. The van der Waals surface area contributed by atoms with Crippen molar-refractivity contribution < 1.29 is 4.79 Å². The molecular weight excluding hydrogens is 264 g/mol. The molecule has 1 aliphatic heterocycles. The molecule has 2 rings (SSSR count). The molecule has 0 unspecified atom stereocenters. The van der Waals surface area contributed by atoms with Crippen LogP contribution >= 0.6 is 23.6 Å². The number of nitrogens with one attached hydrogen (secondary N) is 1. The van der Waals surface area contributed by atoms with Gasteiger partial charge in [0.05, 0.1) is 4.88 Å². The van der Waals surface area contributed by atoms with E-state index in [4.69, 9.17) is 12.2 Å². The molecule has 0 saturated carbocycles. The first-order valence-corrected chi connectivity index (χ1v) is 7.66. The fourth-order valence-electron chi connectivity index (χ4n) is 2.33. The molecule has 98 valence electrons. The quantitative estimate of drug-likeness (QED) is 0.846. The van der Waals surface area contributed by atoms with Crippen molar-refractivity contribution in [2.45, 2.75) is 38.6 Å². The van der Waals surface area contributed by atoms with E-state index in [0.717, 1.165) is 19.4 Å². The van der Waals surface area contributed by atoms with Gasteiger partial charge in [-0.1, -0.05) is 13.0 Å². The van der Waals surface area contributed by atoms with E-state index in [2.05, 4.69) is 17.1 Å². The Morgan fingerprint density at radius 1 is 1.61 bits per heavy atom. The van der Waals surface area contributed by atoms with E-state index in [1.54, 1.807) is 0 Å². The Hall–Kier alpha value is -0.940. The normalized spacial score (nSPS) is 19.6. The number of rotatable bonds is 2. The van der Waals surface area contributed by atoms with E-state index >= 15 is 0 Å². The molecule has 1 aromatic heterocycles. The van der Waals surface area contributed by atoms with Crippen LogP contribution in [0, 0.1) is 0 Å². The van der Waals surface area contributed by atoms with Crippen LogP contribution in [-0.2, 0) is 0 Å². The first-order chi connectivity index (χ1) is 8.72. The van der Waals surface area contributed by atoms with Crippen LogP contribution in [-0.4, -0.2) is 28.5 Å². The lowest BCUT2D eigenvalue weighted by Gasteiger charge is -2.36. The third-order valence-electron chi connectivity index (χ3n) is 3.32. The Morgan fingerprint density at radius 3 is 3.11 bits per heavy atom. The summed E-state index contributed by atoms with van der Waals surface area (Å²) >= 11 is 6.80. The second-order valence-electron chi connectivity index (χ2n) is 4.49. The third-order valence-corrected chi connectivity index (χ3v) is 4.53. The lowest BCUT2D eigenvalue weighted by molar-refractivity contribution is 0.0973. The van der Waals surface area contributed by atoms with Crippen LogP contribution < -0.4 is 5.32 Å². The van der Waals surface area contributed by atoms with E-state index in [9.17, 15) is 4.79 Å². The van der Waals surface area contributed by atoms with Crippen molar-refractivity contribution in [2.75, 3.05) is 6.54 Å². The Kier molecular flexibility index (Phi) is 4.72. The van der Waals surface area contributed by atoms with Gasteiger partial charge in [0.2, 0.25) is 0 Å². The Labute approximate surface area is 117 Å². The number of carbonyl (C=O) groups is 1. The zero-order valence-corrected chi connectivity index (χ0v) is 12.1. The highest BCUT2D eigenvalue weighted by Crippen LogP contribution is 2.19. The molecule has 1 N–H and O–H groups in total. The van der Waals surface area contributed by atoms with Crippen LogP contribution in [0.5, 0.6) is 0 Å². The minimum atomic E-state index is -0.0876. The summed E-state index contributed by atoms with van der Waals surface area (Å²) in [7, 11) is 0. The van der Waals surface area contributed by atoms with Crippen molar-refractivity contribution in [1.82, 2.24) is 10.2 Å². The monoisotopic (exact) mass is 282 g/mol. The lowest BCUT2D eigenvalue weighted by atomic mass is 10.0. The maximum atomic E-state index is 11.9. The fourth-order valence-corrected chi connectivity index (χ4v) is 3.28. The van der Waals surface area contributed by atoms with E-state index in [0.29, 0.717) is 16.0 Å². The van der Waals surface area contributed by atoms with Crippen molar-refractivity contribution in [3.63, 3.8) is 0 Å². The molecule has 0 radical (unpaired) electrons. The van der Waals surface area contributed by atoms with Crippen molar-refractivity contribution in [3.8, 4) is 0 Å². The molecule has 1 saturated heterocycles. The van der Waals surface area contributed by atoms with Gasteiger partial charge in [0.1, 0.15) is 0 Å². The zero-order chi connectivity index (χ0) is 13.0. The molecule has 2 heterocycles. The number of thiocarbonyl (C=S) groups is 1. The summed E-state index contributed by atoms with van der Waals surface area (Å²) in [6, 6.07) is 4.17. The summed E-state index contributed by atoms with van der Waals surface area (Å²) in [6.07, 6.45) is 4.67. The van der Waals surface area contributed by atoms with E-state index in [1.807, 2.05) is 17.5 Å². The molecule has 1 amide bonds. The van der Waals surface area contributed by atoms with Crippen LogP contribution in [0.25, 0.3) is 0 Å². The molecule has 3 nitrogen and oxygen atoms in total. The standard InChI is InChI=1S/C13H18N2OS2/c1-2-10-6-3-4-8-15(10)13(17)14-12(16)11-7-5-9-18-11/h5,7,9-10H,2-4,6,8H2,1H3,(H,14,16,17)/t10-/m0/s1. The molecule has 0 spiro atoms. The predicted octanol–water partition coefficient (Wildman–Crippen LogP) is 3.03. The van der Waals surface area contributed by atoms with Gasteiger partial charge in [-0.05, 0) is 49.3 Å². The van der Waals surface area contributed by atoms with Gasteiger partial charge < -0.3 is 4.90 Å². The van der Waals surface area contributed by atoms with Gasteiger partial charge >= 0.3 is 0 Å². The molecule has 0 aliphatic carbocycles. The first-order valence-electron chi connectivity index (χ1n) is 6.38. The molecule has 18 heavy (non-hydrogen) atoms. The third kappa shape index (κ3) is 3.09. The number of likely N-dealkylation sites (tertiary alicyclic amines) is 1. The smallest absolute Gasteiger partial charge is 0.267 e. The highest BCUT2D eigenvalue weighted by molar-refractivity contribution is 7.80. The molecule has 1 aliphatic rings. The summed E-state index contributed by atoms with van der Waals surface area (Å²) in [5, 5.41) is 5.33. The van der Waals surface area contributed by atoms with Crippen LogP contribution in [0.4, 0.5) is 0 Å². The number of hydrogen-bond donors (Lipinski definition) is 1. The topological polar surface area (TPSA) is 32.3 Å². The molecule has 1 aromatic rings. The fraction of sp³-hybridized carbons (Fsp3) is 0.538. The predicted molar refractivity (Wildman–Crippen MR) is 79.0 cm³/mol. The summed E-state index contributed by atoms with van der Waals surface area (Å²) in [4.78, 5) is 14.8. The summed E-state index contributed by atoms with van der Waals surface area (Å²) in [6.45, 7) is 3.13. The zero-order valence-electron chi connectivity index (χ0n) is 10.5. The van der Waals surface area contributed by atoms with Gasteiger partial charge in [-0.3, -0.25) is 10.1 Å². The van der Waals surface area contributed by atoms with E-state index < -0.39 is 0 Å². The molecular formula is C13H18N2OS2. The molecule has 0 aromatic carbocycles. The summed E-state index contributed by atoms with van der Waals surface area (Å²) in [5.74, 6) is -0.0876. The average Bonchev–Trinajstić information content (AvgIpc) is 2.92. The number of hydrogen-bond acceptors (Lipinski definition) is 3. The number of thiophene rings is 1. The van der Waals surface area contributed by atoms with Crippen LogP contribution in [0.15, 0.2) is 17.5 Å². The maximum absolute atomic E-state index is 11.9. The maximum Gasteiger partial charge on any atom is 0.267 e. The van der Waals surface area contributed by atoms with Crippen LogP contribution in [0.3, 0.4) is 0 Å². The van der Waals surface area contributed by atoms with Crippen molar-refractivity contribution in [2.24, 2.45) is 0 Å². The van der Waals surface area contributed by atoms with Crippen LogP contribution in [0.1, 0.15) is 42.3 Å². The van der Waals surface area contributed by atoms with Gasteiger partial charge in [0, 0.05) is 12.6 Å².